The molecule has 0 aliphatic carbocycles. The molecule has 0 atom stereocenters. The lowest BCUT2D eigenvalue weighted by Crippen LogP contribution is -2.36. The topological polar surface area (TPSA) is 33.7 Å². The minimum absolute atomic E-state index is 0.696. The molecule has 2 rings (SSSR count). The lowest BCUT2D eigenvalue weighted by Gasteiger charge is -2.27. The van der Waals surface area contributed by atoms with E-state index in [0.717, 1.165) is 43.6 Å². The molecule has 0 spiro atoms. The summed E-state index contributed by atoms with van der Waals surface area (Å²) in [6.07, 6.45) is 2.58. The third-order valence-electron chi connectivity index (χ3n) is 3.83. The highest BCUT2D eigenvalue weighted by Gasteiger charge is 2.14. The summed E-state index contributed by atoms with van der Waals surface area (Å²) in [5, 5.41) is 3.41. The average molecular weight is 278 g/mol. The number of methoxy groups -OCH3 is 1. The zero-order valence-electron chi connectivity index (χ0n) is 12.6. The Hall–Kier alpha value is -1.26. The van der Waals surface area contributed by atoms with Gasteiger partial charge in [0.2, 0.25) is 0 Å². The van der Waals surface area contributed by atoms with Gasteiger partial charge in [-0.1, -0.05) is 12.1 Å². The van der Waals surface area contributed by atoms with E-state index >= 15 is 0 Å². The first-order chi connectivity index (χ1) is 9.79. The number of rotatable bonds is 7. The fourth-order valence-electron chi connectivity index (χ4n) is 2.65. The molecule has 1 saturated heterocycles. The predicted molar refractivity (Wildman–Crippen MR) is 81.6 cm³/mol. The minimum atomic E-state index is 0.696. The first-order valence-corrected chi connectivity index (χ1v) is 7.44. The van der Waals surface area contributed by atoms with E-state index in [4.69, 9.17) is 9.47 Å². The number of para-hydroxylation sites is 2. The molecule has 0 saturated carbocycles. The van der Waals surface area contributed by atoms with Gasteiger partial charge < -0.3 is 19.7 Å². The van der Waals surface area contributed by atoms with Crippen LogP contribution in [0.25, 0.3) is 0 Å². The van der Waals surface area contributed by atoms with Crippen molar-refractivity contribution in [2.24, 2.45) is 5.92 Å². The third-order valence-corrected chi connectivity index (χ3v) is 3.83. The Bertz CT molecular complexity index is 392. The van der Waals surface area contributed by atoms with E-state index in [1.54, 1.807) is 7.11 Å². The quantitative estimate of drug-likeness (QED) is 0.827. The molecule has 0 unspecified atom stereocenters. The first kappa shape index (κ1) is 15.1. The van der Waals surface area contributed by atoms with Gasteiger partial charge in [0.25, 0.3) is 0 Å². The molecule has 0 amide bonds. The molecule has 4 nitrogen and oxygen atoms in total. The Morgan fingerprint density at radius 3 is 2.60 bits per heavy atom. The van der Waals surface area contributed by atoms with Crippen LogP contribution in [-0.2, 0) is 0 Å². The van der Waals surface area contributed by atoms with Crippen molar-refractivity contribution in [1.29, 1.82) is 0 Å². The van der Waals surface area contributed by atoms with Crippen molar-refractivity contribution < 1.29 is 9.47 Å². The van der Waals surface area contributed by atoms with Crippen molar-refractivity contribution in [3.8, 4) is 11.5 Å². The molecule has 1 heterocycles. The molecule has 1 aliphatic heterocycles. The summed E-state index contributed by atoms with van der Waals surface area (Å²) in [4.78, 5) is 2.37. The SMILES string of the molecule is COc1ccccc1OCCN(C)CC1CCNCC1. The number of nitrogens with one attached hydrogen (secondary N) is 1. The minimum Gasteiger partial charge on any atom is -0.493 e. The van der Waals surface area contributed by atoms with Crippen LogP contribution in [0.4, 0.5) is 0 Å². The van der Waals surface area contributed by atoms with Crippen molar-refractivity contribution in [3.63, 3.8) is 0 Å². The van der Waals surface area contributed by atoms with Crippen molar-refractivity contribution in [3.05, 3.63) is 24.3 Å². The van der Waals surface area contributed by atoms with Gasteiger partial charge in [-0.05, 0) is 51.0 Å². The first-order valence-electron chi connectivity index (χ1n) is 7.44. The Kier molecular flexibility index (Phi) is 6.15. The van der Waals surface area contributed by atoms with Crippen LogP contribution >= 0.6 is 0 Å². The monoisotopic (exact) mass is 278 g/mol. The fourth-order valence-corrected chi connectivity index (χ4v) is 2.65. The van der Waals surface area contributed by atoms with E-state index in [0.29, 0.717) is 6.61 Å². The second-order valence-electron chi connectivity index (χ2n) is 5.45. The zero-order valence-corrected chi connectivity index (χ0v) is 12.6. The van der Waals surface area contributed by atoms with Gasteiger partial charge in [0.05, 0.1) is 7.11 Å². The van der Waals surface area contributed by atoms with Gasteiger partial charge in [-0.2, -0.15) is 0 Å². The number of hydrogen-bond donors (Lipinski definition) is 1. The molecule has 0 bridgehead atoms. The summed E-state index contributed by atoms with van der Waals surface area (Å²) in [7, 11) is 3.85. The second-order valence-corrected chi connectivity index (χ2v) is 5.45. The number of ether oxygens (including phenoxy) is 2. The molecular formula is C16H26N2O2. The van der Waals surface area contributed by atoms with E-state index in [2.05, 4.69) is 17.3 Å². The number of benzene rings is 1. The summed E-state index contributed by atoms with van der Waals surface area (Å²) in [5.41, 5.74) is 0. The number of nitrogens with zero attached hydrogens (tertiary/aromatic N) is 1. The molecule has 4 heteroatoms. The lowest BCUT2D eigenvalue weighted by molar-refractivity contribution is 0.196. The molecule has 1 aliphatic rings. The summed E-state index contributed by atoms with van der Waals surface area (Å²) < 4.78 is 11.1. The van der Waals surface area contributed by atoms with Gasteiger partial charge in [0.15, 0.2) is 11.5 Å². The molecular weight excluding hydrogens is 252 g/mol. The van der Waals surface area contributed by atoms with Gasteiger partial charge in [-0.3, -0.25) is 0 Å². The van der Waals surface area contributed by atoms with E-state index in [1.807, 2.05) is 24.3 Å². The Morgan fingerprint density at radius 1 is 1.20 bits per heavy atom. The van der Waals surface area contributed by atoms with Crippen LogP contribution in [0.5, 0.6) is 11.5 Å². The highest BCUT2D eigenvalue weighted by Crippen LogP contribution is 2.25. The van der Waals surface area contributed by atoms with E-state index in [1.165, 1.54) is 12.8 Å². The number of piperidine rings is 1. The Balaban J connectivity index is 1.69. The largest absolute Gasteiger partial charge is 0.493 e. The van der Waals surface area contributed by atoms with Gasteiger partial charge in [0, 0.05) is 13.1 Å². The molecule has 1 aromatic carbocycles. The van der Waals surface area contributed by atoms with Crippen molar-refractivity contribution >= 4 is 0 Å². The summed E-state index contributed by atoms with van der Waals surface area (Å²) in [6.45, 7) is 5.13. The van der Waals surface area contributed by atoms with Crippen LogP contribution in [0.1, 0.15) is 12.8 Å². The number of hydrogen-bond acceptors (Lipinski definition) is 4. The third kappa shape index (κ3) is 4.69. The van der Waals surface area contributed by atoms with Crippen LogP contribution in [0, 0.1) is 5.92 Å². The van der Waals surface area contributed by atoms with Gasteiger partial charge in [0.1, 0.15) is 6.61 Å². The smallest absolute Gasteiger partial charge is 0.161 e. The molecule has 20 heavy (non-hydrogen) atoms. The Morgan fingerprint density at radius 2 is 1.90 bits per heavy atom. The Labute approximate surface area is 122 Å². The zero-order chi connectivity index (χ0) is 14.2. The molecule has 0 aromatic heterocycles. The van der Waals surface area contributed by atoms with E-state index < -0.39 is 0 Å². The summed E-state index contributed by atoms with van der Waals surface area (Å²) >= 11 is 0. The van der Waals surface area contributed by atoms with Crippen LogP contribution in [0.3, 0.4) is 0 Å². The van der Waals surface area contributed by atoms with Gasteiger partial charge in [-0.15, -0.1) is 0 Å². The van der Waals surface area contributed by atoms with Crippen LogP contribution in [0.15, 0.2) is 24.3 Å². The second kappa shape index (κ2) is 8.12. The van der Waals surface area contributed by atoms with Gasteiger partial charge in [-0.25, -0.2) is 0 Å². The molecule has 1 aromatic rings. The fraction of sp³-hybridized carbons (Fsp3) is 0.625. The van der Waals surface area contributed by atoms with Crippen LogP contribution in [-0.4, -0.2) is 51.8 Å². The van der Waals surface area contributed by atoms with Crippen molar-refractivity contribution in [1.82, 2.24) is 10.2 Å². The standard InChI is InChI=1S/C16H26N2O2/c1-18(13-14-7-9-17-10-8-14)11-12-20-16-6-4-3-5-15(16)19-2/h3-6,14,17H,7-13H2,1-2H3. The maximum absolute atomic E-state index is 5.81. The highest BCUT2D eigenvalue weighted by molar-refractivity contribution is 5.39. The van der Waals surface area contributed by atoms with Crippen molar-refractivity contribution in [2.75, 3.05) is 46.9 Å². The maximum atomic E-state index is 5.81. The van der Waals surface area contributed by atoms with E-state index in [9.17, 15) is 0 Å². The normalized spacial score (nSPS) is 16.4. The molecule has 112 valence electrons. The molecule has 1 fully saturated rings. The maximum Gasteiger partial charge on any atom is 0.161 e. The summed E-state index contributed by atoms with van der Waals surface area (Å²) in [6, 6.07) is 7.80. The van der Waals surface area contributed by atoms with Gasteiger partial charge >= 0.3 is 0 Å². The van der Waals surface area contributed by atoms with Crippen LogP contribution < -0.4 is 14.8 Å². The van der Waals surface area contributed by atoms with Crippen LogP contribution in [0.2, 0.25) is 0 Å². The lowest BCUT2D eigenvalue weighted by atomic mass is 9.98. The predicted octanol–water partition coefficient (Wildman–Crippen LogP) is 2.01. The average Bonchev–Trinajstić information content (AvgIpc) is 2.49. The summed E-state index contributed by atoms with van der Waals surface area (Å²) in [5.74, 6) is 2.45. The highest BCUT2D eigenvalue weighted by atomic mass is 16.5. The molecule has 0 radical (unpaired) electrons. The molecule has 1 N–H and O–H groups in total. The van der Waals surface area contributed by atoms with E-state index in [-0.39, 0.29) is 0 Å². The number of likely N-dealkylation sites (N-methyl/N-ethyl adjacent to an activating group) is 1. The van der Waals surface area contributed by atoms with Crippen molar-refractivity contribution in [2.45, 2.75) is 12.8 Å².